The Kier molecular flexibility index (Phi) is 6.89. The number of carbonyl (C=O) groups is 1. The Hall–Kier alpha value is -3.25. The third-order valence-electron chi connectivity index (χ3n) is 5.66. The van der Waals surface area contributed by atoms with Gasteiger partial charge in [0.1, 0.15) is 5.75 Å². The van der Waals surface area contributed by atoms with Gasteiger partial charge in [0.25, 0.3) is 0 Å². The lowest BCUT2D eigenvalue weighted by Crippen LogP contribution is -2.49. The fourth-order valence-corrected chi connectivity index (χ4v) is 3.71. The van der Waals surface area contributed by atoms with Gasteiger partial charge in [0.2, 0.25) is 0 Å². The lowest BCUT2D eigenvalue weighted by Gasteiger charge is -2.33. The van der Waals surface area contributed by atoms with Gasteiger partial charge in [-0.2, -0.15) is 0 Å². The fraction of sp³-hybridized carbons (Fsp3) is 0.320. The van der Waals surface area contributed by atoms with Gasteiger partial charge in [-0.15, -0.1) is 0 Å². The van der Waals surface area contributed by atoms with Gasteiger partial charge in [0.05, 0.1) is 0 Å². The van der Waals surface area contributed by atoms with Crippen molar-refractivity contribution < 1.29 is 9.53 Å². The Morgan fingerprint density at radius 3 is 2.42 bits per heavy atom. The van der Waals surface area contributed by atoms with E-state index >= 15 is 0 Å². The molecule has 31 heavy (non-hydrogen) atoms. The lowest BCUT2D eigenvalue weighted by atomic mass is 10.1. The van der Waals surface area contributed by atoms with Crippen molar-refractivity contribution in [2.75, 3.05) is 32.7 Å². The number of piperazine rings is 1. The van der Waals surface area contributed by atoms with Crippen molar-refractivity contribution in [2.24, 2.45) is 0 Å². The molecule has 0 radical (unpaired) electrons. The van der Waals surface area contributed by atoms with E-state index in [2.05, 4.69) is 33.9 Å². The summed E-state index contributed by atoms with van der Waals surface area (Å²) >= 11 is 0. The van der Waals surface area contributed by atoms with Crippen LogP contribution in [0.25, 0.3) is 0 Å². The van der Waals surface area contributed by atoms with Crippen molar-refractivity contribution in [3.05, 3.63) is 89.5 Å². The van der Waals surface area contributed by atoms with Gasteiger partial charge in [0, 0.05) is 69.3 Å². The third kappa shape index (κ3) is 5.89. The molecule has 1 aliphatic heterocycles. The standard InChI is InChI=1S/C25H28N4O2/c1-20-5-4-13-27-24(20)19-21-7-9-23(10-8-21)31-25(30)29-17-15-28(16-18-29)14-11-22-6-2-3-12-26-22/h2-10,12-13H,11,14-19H2,1H3. The summed E-state index contributed by atoms with van der Waals surface area (Å²) in [7, 11) is 0. The molecule has 6 nitrogen and oxygen atoms in total. The summed E-state index contributed by atoms with van der Waals surface area (Å²) in [4.78, 5) is 25.5. The normalized spacial score (nSPS) is 14.4. The predicted octanol–water partition coefficient (Wildman–Crippen LogP) is 3.73. The summed E-state index contributed by atoms with van der Waals surface area (Å²) in [6.45, 7) is 6.08. The zero-order valence-corrected chi connectivity index (χ0v) is 17.9. The number of hydrogen-bond acceptors (Lipinski definition) is 5. The molecule has 160 valence electrons. The highest BCUT2D eigenvalue weighted by Gasteiger charge is 2.22. The van der Waals surface area contributed by atoms with E-state index in [1.807, 2.05) is 54.9 Å². The first kappa shape index (κ1) is 21.0. The van der Waals surface area contributed by atoms with Crippen molar-refractivity contribution >= 4 is 6.09 Å². The molecule has 1 saturated heterocycles. The van der Waals surface area contributed by atoms with Crippen molar-refractivity contribution in [2.45, 2.75) is 19.8 Å². The number of pyridine rings is 2. The Bertz CT molecular complexity index is 984. The zero-order chi connectivity index (χ0) is 21.5. The van der Waals surface area contributed by atoms with Crippen molar-refractivity contribution in [1.82, 2.24) is 19.8 Å². The number of amides is 1. The second-order valence-electron chi connectivity index (χ2n) is 7.86. The average molecular weight is 417 g/mol. The summed E-state index contributed by atoms with van der Waals surface area (Å²) in [5, 5.41) is 0. The summed E-state index contributed by atoms with van der Waals surface area (Å²) in [6.07, 6.45) is 5.06. The number of nitrogens with zero attached hydrogens (tertiary/aromatic N) is 4. The van der Waals surface area contributed by atoms with E-state index in [4.69, 9.17) is 4.74 Å². The van der Waals surface area contributed by atoms with Gasteiger partial charge < -0.3 is 9.64 Å². The summed E-state index contributed by atoms with van der Waals surface area (Å²) in [5.74, 6) is 0.573. The molecule has 1 aromatic carbocycles. The summed E-state index contributed by atoms with van der Waals surface area (Å²) < 4.78 is 5.59. The smallest absolute Gasteiger partial charge is 0.410 e. The highest BCUT2D eigenvalue weighted by molar-refractivity contribution is 5.70. The molecular weight excluding hydrogens is 388 g/mol. The van der Waals surface area contributed by atoms with Gasteiger partial charge in [0.15, 0.2) is 0 Å². The molecule has 3 aromatic rings. The van der Waals surface area contributed by atoms with Gasteiger partial charge in [-0.3, -0.25) is 14.9 Å². The molecule has 3 heterocycles. The maximum atomic E-state index is 12.5. The third-order valence-corrected chi connectivity index (χ3v) is 5.66. The van der Waals surface area contributed by atoms with E-state index in [-0.39, 0.29) is 6.09 Å². The highest BCUT2D eigenvalue weighted by atomic mass is 16.6. The molecule has 1 amide bonds. The monoisotopic (exact) mass is 416 g/mol. The van der Waals surface area contributed by atoms with Crippen LogP contribution >= 0.6 is 0 Å². The number of rotatable bonds is 6. The van der Waals surface area contributed by atoms with E-state index < -0.39 is 0 Å². The van der Waals surface area contributed by atoms with Gasteiger partial charge >= 0.3 is 6.09 Å². The van der Waals surface area contributed by atoms with Gasteiger partial charge in [-0.25, -0.2) is 4.79 Å². The van der Waals surface area contributed by atoms with Crippen LogP contribution in [0.1, 0.15) is 22.5 Å². The van der Waals surface area contributed by atoms with Crippen LogP contribution in [-0.2, 0) is 12.8 Å². The van der Waals surface area contributed by atoms with Crippen LogP contribution in [0.3, 0.4) is 0 Å². The number of aromatic nitrogens is 2. The number of benzene rings is 1. The van der Waals surface area contributed by atoms with Crippen LogP contribution in [0.15, 0.2) is 67.0 Å². The van der Waals surface area contributed by atoms with Crippen LogP contribution < -0.4 is 4.74 Å². The Labute approximate surface area is 183 Å². The molecule has 2 aromatic heterocycles. The second kappa shape index (κ2) is 10.2. The number of carbonyl (C=O) groups excluding carboxylic acids is 1. The largest absolute Gasteiger partial charge is 0.415 e. The van der Waals surface area contributed by atoms with Crippen molar-refractivity contribution in [3.63, 3.8) is 0 Å². The maximum Gasteiger partial charge on any atom is 0.415 e. The van der Waals surface area contributed by atoms with Crippen LogP contribution in [0.5, 0.6) is 5.75 Å². The zero-order valence-electron chi connectivity index (χ0n) is 17.9. The van der Waals surface area contributed by atoms with Crippen LogP contribution in [0, 0.1) is 6.92 Å². The average Bonchev–Trinajstić information content (AvgIpc) is 2.81. The maximum absolute atomic E-state index is 12.5. The van der Waals surface area contributed by atoms with E-state index in [0.717, 1.165) is 49.4 Å². The summed E-state index contributed by atoms with van der Waals surface area (Å²) in [6, 6.07) is 17.7. The van der Waals surface area contributed by atoms with E-state index in [1.54, 1.807) is 4.90 Å². The van der Waals surface area contributed by atoms with E-state index in [1.165, 1.54) is 5.56 Å². The Balaban J connectivity index is 1.23. The predicted molar refractivity (Wildman–Crippen MR) is 120 cm³/mol. The molecule has 0 N–H and O–H groups in total. The fourth-order valence-electron chi connectivity index (χ4n) is 3.71. The molecular formula is C25H28N4O2. The molecule has 1 aliphatic rings. The minimum atomic E-state index is -0.280. The quantitative estimate of drug-likeness (QED) is 0.613. The van der Waals surface area contributed by atoms with Crippen LogP contribution in [0.2, 0.25) is 0 Å². The molecule has 0 atom stereocenters. The number of hydrogen-bond donors (Lipinski definition) is 0. The van der Waals surface area contributed by atoms with Crippen LogP contribution in [0.4, 0.5) is 4.79 Å². The molecule has 0 aliphatic carbocycles. The topological polar surface area (TPSA) is 58.6 Å². The summed E-state index contributed by atoms with van der Waals surface area (Å²) in [5.41, 5.74) is 4.49. The van der Waals surface area contributed by atoms with Gasteiger partial charge in [-0.1, -0.05) is 24.3 Å². The van der Waals surface area contributed by atoms with E-state index in [0.29, 0.717) is 18.8 Å². The van der Waals surface area contributed by atoms with Crippen LogP contribution in [-0.4, -0.2) is 58.6 Å². The number of aryl methyl sites for hydroxylation is 1. The highest BCUT2D eigenvalue weighted by Crippen LogP contribution is 2.17. The molecule has 0 bridgehead atoms. The first-order valence-electron chi connectivity index (χ1n) is 10.8. The number of ether oxygens (including phenoxy) is 1. The first-order chi connectivity index (χ1) is 15.2. The molecule has 6 heteroatoms. The lowest BCUT2D eigenvalue weighted by molar-refractivity contribution is 0.111. The molecule has 0 saturated carbocycles. The second-order valence-corrected chi connectivity index (χ2v) is 7.86. The van der Waals surface area contributed by atoms with Crippen molar-refractivity contribution in [1.29, 1.82) is 0 Å². The first-order valence-corrected chi connectivity index (χ1v) is 10.8. The minimum absolute atomic E-state index is 0.280. The minimum Gasteiger partial charge on any atom is -0.410 e. The van der Waals surface area contributed by atoms with Crippen molar-refractivity contribution in [3.8, 4) is 5.75 Å². The molecule has 0 unspecified atom stereocenters. The van der Waals surface area contributed by atoms with E-state index in [9.17, 15) is 4.79 Å². The Morgan fingerprint density at radius 1 is 0.935 bits per heavy atom. The Morgan fingerprint density at radius 2 is 1.71 bits per heavy atom. The van der Waals surface area contributed by atoms with Gasteiger partial charge in [-0.05, 0) is 48.4 Å². The molecule has 0 spiro atoms. The SMILES string of the molecule is Cc1cccnc1Cc1ccc(OC(=O)N2CCN(CCc3ccccn3)CC2)cc1. The molecule has 4 rings (SSSR count). The molecule has 1 fully saturated rings.